The number of hydrogen-bond acceptors (Lipinski definition) is 5. The van der Waals surface area contributed by atoms with Gasteiger partial charge in [0.05, 0.1) is 12.7 Å². The number of likely N-dealkylation sites (tertiary alicyclic amines) is 1. The van der Waals surface area contributed by atoms with Crippen molar-refractivity contribution in [3.05, 3.63) is 29.8 Å². The summed E-state index contributed by atoms with van der Waals surface area (Å²) < 4.78 is 12.1. The van der Waals surface area contributed by atoms with E-state index in [1.165, 1.54) is 76.6 Å². The van der Waals surface area contributed by atoms with Gasteiger partial charge in [0.1, 0.15) is 5.75 Å². The first kappa shape index (κ1) is 25.2. The van der Waals surface area contributed by atoms with E-state index in [2.05, 4.69) is 29.2 Å². The number of methoxy groups -OCH3 is 1. The highest BCUT2D eigenvalue weighted by atomic mass is 17.2. The van der Waals surface area contributed by atoms with E-state index >= 15 is 0 Å². The highest BCUT2D eigenvalue weighted by Crippen LogP contribution is 2.60. The number of ether oxygens (including phenoxy) is 2. The third kappa shape index (κ3) is 5.36. The third-order valence-electron chi connectivity index (χ3n) is 10.3. The van der Waals surface area contributed by atoms with Gasteiger partial charge in [-0.25, -0.2) is 9.78 Å². The zero-order valence-corrected chi connectivity index (χ0v) is 22.4. The Balaban J connectivity index is 0.928. The molecule has 0 N–H and O–H groups in total. The molecule has 5 aliphatic carbocycles. The van der Waals surface area contributed by atoms with Crippen molar-refractivity contribution in [2.75, 3.05) is 33.4 Å². The second-order valence-electron chi connectivity index (χ2n) is 12.6. The Hall–Kier alpha value is -1.14. The van der Waals surface area contributed by atoms with Crippen molar-refractivity contribution in [3.63, 3.8) is 0 Å². The van der Waals surface area contributed by atoms with Crippen LogP contribution in [0.25, 0.3) is 0 Å². The Morgan fingerprint density at radius 1 is 0.833 bits per heavy atom. The maximum absolute atomic E-state index is 6.30. The lowest BCUT2D eigenvalue weighted by molar-refractivity contribution is -0.485. The molecule has 5 nitrogen and oxygen atoms in total. The first-order valence-electron chi connectivity index (χ1n) is 15.1. The van der Waals surface area contributed by atoms with E-state index in [4.69, 9.17) is 19.2 Å². The molecule has 4 bridgehead atoms. The minimum atomic E-state index is -0.492. The zero-order chi connectivity index (χ0) is 24.4. The fourth-order valence-electron chi connectivity index (χ4n) is 8.48. The average Bonchev–Trinajstić information content (AvgIpc) is 2.92. The Bertz CT molecular complexity index is 799. The van der Waals surface area contributed by atoms with Gasteiger partial charge in [0.15, 0.2) is 0 Å². The van der Waals surface area contributed by atoms with Crippen molar-refractivity contribution in [3.8, 4) is 5.75 Å². The molecule has 5 saturated carbocycles. The largest absolute Gasteiger partial charge is 0.494 e. The van der Waals surface area contributed by atoms with Gasteiger partial charge >= 0.3 is 0 Å². The van der Waals surface area contributed by atoms with Gasteiger partial charge in [-0.05, 0) is 126 Å². The van der Waals surface area contributed by atoms with E-state index in [0.29, 0.717) is 17.8 Å². The van der Waals surface area contributed by atoms with Crippen molar-refractivity contribution < 1.29 is 19.2 Å². The Labute approximate surface area is 218 Å². The van der Waals surface area contributed by atoms with Crippen LogP contribution >= 0.6 is 0 Å². The van der Waals surface area contributed by atoms with Crippen molar-refractivity contribution in [1.82, 2.24) is 4.90 Å². The molecule has 1 aromatic rings. The molecule has 0 amide bonds. The lowest BCUT2D eigenvalue weighted by atomic mass is 9.53. The van der Waals surface area contributed by atoms with Gasteiger partial charge in [-0.1, -0.05) is 18.6 Å². The van der Waals surface area contributed by atoms with Gasteiger partial charge in [-0.15, -0.1) is 0 Å². The van der Waals surface area contributed by atoms with Crippen LogP contribution in [0, 0.1) is 23.7 Å². The molecule has 6 fully saturated rings. The molecule has 1 saturated heterocycles. The molecule has 1 heterocycles. The molecule has 5 heteroatoms. The zero-order valence-electron chi connectivity index (χ0n) is 22.4. The summed E-state index contributed by atoms with van der Waals surface area (Å²) in [5.74, 6) is 3.94. The first-order chi connectivity index (χ1) is 17.7. The minimum Gasteiger partial charge on any atom is -0.494 e. The molecule has 0 spiro atoms. The number of nitrogens with zero attached hydrogens (tertiary/aromatic N) is 1. The molecule has 36 heavy (non-hydrogen) atoms. The van der Waals surface area contributed by atoms with Gasteiger partial charge in [-0.3, -0.25) is 0 Å². The predicted octanol–water partition coefficient (Wildman–Crippen LogP) is 6.71. The van der Waals surface area contributed by atoms with E-state index in [9.17, 15) is 0 Å². The van der Waals surface area contributed by atoms with Crippen molar-refractivity contribution >= 4 is 0 Å². The molecule has 0 unspecified atom stereocenters. The summed E-state index contributed by atoms with van der Waals surface area (Å²) in [5, 5.41) is 0. The lowest BCUT2D eigenvalue weighted by Gasteiger charge is -2.58. The summed E-state index contributed by atoms with van der Waals surface area (Å²) >= 11 is 0. The van der Waals surface area contributed by atoms with Crippen LogP contribution in [0.3, 0.4) is 0 Å². The highest BCUT2D eigenvalue weighted by Gasteiger charge is 2.60. The maximum Gasteiger partial charge on any atom is 0.207 e. The fraction of sp³-hybridized carbons (Fsp3) is 0.806. The molecule has 1 aliphatic heterocycles. The van der Waals surface area contributed by atoms with Crippen LogP contribution in [0.1, 0.15) is 95.0 Å². The summed E-state index contributed by atoms with van der Waals surface area (Å²) in [6.45, 7) is 4.51. The Morgan fingerprint density at radius 3 is 2.14 bits per heavy atom. The smallest absolute Gasteiger partial charge is 0.207 e. The number of rotatable bonds is 10. The first-order valence-corrected chi connectivity index (χ1v) is 15.1. The van der Waals surface area contributed by atoms with E-state index in [0.717, 1.165) is 56.3 Å². The summed E-state index contributed by atoms with van der Waals surface area (Å²) in [6.07, 6.45) is 16.3. The van der Waals surface area contributed by atoms with Crippen molar-refractivity contribution in [1.29, 1.82) is 0 Å². The molecule has 6 aliphatic rings. The standard InChI is InChI=1S/C31H47NO4/c1-33-31(27-19-23-18-24(21-27)22-28(31)20-23)36-35-30-12-8-26(9-13-30)25-6-10-29(11-7-25)34-17-5-16-32-14-3-2-4-15-32/h6-7,10-11,23-24,26-28,30H,2-5,8-9,12-22H2,1H3. The average molecular weight is 498 g/mol. The molecular formula is C31H47NO4. The van der Waals surface area contributed by atoms with Crippen molar-refractivity contribution in [2.45, 2.75) is 101 Å². The van der Waals surface area contributed by atoms with Crippen LogP contribution in [-0.4, -0.2) is 50.1 Å². The summed E-state index contributed by atoms with van der Waals surface area (Å²) in [6, 6.07) is 8.88. The van der Waals surface area contributed by atoms with Crippen LogP contribution in [0.15, 0.2) is 24.3 Å². The number of piperidine rings is 1. The Morgan fingerprint density at radius 2 is 1.50 bits per heavy atom. The third-order valence-corrected chi connectivity index (χ3v) is 10.3. The fourth-order valence-corrected chi connectivity index (χ4v) is 8.48. The Kier molecular flexibility index (Phi) is 7.90. The lowest BCUT2D eigenvalue weighted by Crippen LogP contribution is -2.60. The molecule has 0 atom stereocenters. The van der Waals surface area contributed by atoms with Crippen LogP contribution in [0.4, 0.5) is 0 Å². The monoisotopic (exact) mass is 497 g/mol. The van der Waals surface area contributed by atoms with Gasteiger partial charge < -0.3 is 14.4 Å². The predicted molar refractivity (Wildman–Crippen MR) is 141 cm³/mol. The van der Waals surface area contributed by atoms with E-state index < -0.39 is 5.79 Å². The maximum atomic E-state index is 6.30. The second kappa shape index (κ2) is 11.3. The molecule has 200 valence electrons. The summed E-state index contributed by atoms with van der Waals surface area (Å²) in [5.41, 5.74) is 1.43. The van der Waals surface area contributed by atoms with Gasteiger partial charge in [0.2, 0.25) is 5.79 Å². The van der Waals surface area contributed by atoms with E-state index in [-0.39, 0.29) is 6.10 Å². The van der Waals surface area contributed by atoms with E-state index in [1.807, 2.05) is 7.11 Å². The number of benzene rings is 1. The summed E-state index contributed by atoms with van der Waals surface area (Å²) in [4.78, 5) is 15.0. The normalized spacial score (nSPS) is 38.4. The molecule has 7 rings (SSSR count). The number of hydrogen-bond donors (Lipinski definition) is 0. The van der Waals surface area contributed by atoms with Crippen molar-refractivity contribution in [2.24, 2.45) is 23.7 Å². The van der Waals surface area contributed by atoms with Crippen LogP contribution < -0.4 is 4.74 Å². The van der Waals surface area contributed by atoms with Gasteiger partial charge in [0.25, 0.3) is 0 Å². The molecule has 0 aromatic heterocycles. The van der Waals surface area contributed by atoms with Gasteiger partial charge in [-0.2, -0.15) is 0 Å². The second-order valence-corrected chi connectivity index (χ2v) is 12.6. The minimum absolute atomic E-state index is 0.188. The highest BCUT2D eigenvalue weighted by molar-refractivity contribution is 5.29. The van der Waals surface area contributed by atoms with Gasteiger partial charge in [0, 0.05) is 25.5 Å². The SMILES string of the molecule is COC1(OOC2CCC(c3ccc(OCCCN4CCCCC4)cc3)CC2)C2CC3CC(C2)CC1C3. The topological polar surface area (TPSA) is 40.2 Å². The van der Waals surface area contributed by atoms with E-state index in [1.54, 1.807) is 0 Å². The molecular weight excluding hydrogens is 450 g/mol. The molecule has 1 aromatic carbocycles. The summed E-state index contributed by atoms with van der Waals surface area (Å²) in [7, 11) is 1.84. The van der Waals surface area contributed by atoms with Crippen LogP contribution in [0.2, 0.25) is 0 Å². The van der Waals surface area contributed by atoms with Crippen LogP contribution in [0.5, 0.6) is 5.75 Å². The molecule has 0 radical (unpaired) electrons. The van der Waals surface area contributed by atoms with Crippen LogP contribution in [-0.2, 0) is 14.5 Å². The quantitative estimate of drug-likeness (QED) is 0.155.